The quantitative estimate of drug-likeness (QED) is 0.638. The first-order chi connectivity index (χ1) is 7.84. The molecule has 0 spiro atoms. The van der Waals surface area contributed by atoms with Gasteiger partial charge in [-0.3, -0.25) is 14.5 Å². The second-order valence-corrected chi connectivity index (χ2v) is 4.65. The lowest BCUT2D eigenvalue weighted by Crippen LogP contribution is -2.51. The van der Waals surface area contributed by atoms with E-state index in [4.69, 9.17) is 10.2 Å². The van der Waals surface area contributed by atoms with Crippen molar-refractivity contribution in [1.29, 1.82) is 0 Å². The summed E-state index contributed by atoms with van der Waals surface area (Å²) < 4.78 is 0. The Morgan fingerprint density at radius 3 is 2.12 bits per heavy atom. The fourth-order valence-electron chi connectivity index (χ4n) is 2.20. The highest BCUT2D eigenvalue weighted by atomic mass is 16.4. The van der Waals surface area contributed by atoms with E-state index in [9.17, 15) is 14.7 Å². The van der Waals surface area contributed by atoms with Crippen LogP contribution in [0.3, 0.4) is 0 Å². The summed E-state index contributed by atoms with van der Waals surface area (Å²) >= 11 is 0. The van der Waals surface area contributed by atoms with Gasteiger partial charge in [-0.15, -0.1) is 0 Å². The molecule has 4 unspecified atom stereocenters. The molecule has 1 saturated heterocycles. The van der Waals surface area contributed by atoms with Gasteiger partial charge in [0.1, 0.15) is 0 Å². The molecule has 4 atom stereocenters. The number of carboxylic acids is 2. The maximum Gasteiger partial charge on any atom is 0.308 e. The average Bonchev–Trinajstić information content (AvgIpc) is 2.26. The predicted octanol–water partition coefficient (Wildman–Crippen LogP) is -0.137. The van der Waals surface area contributed by atoms with E-state index in [1.165, 1.54) is 0 Å². The minimum absolute atomic E-state index is 0.161. The molecule has 0 bridgehead atoms. The molecule has 0 aromatic heterocycles. The summed E-state index contributed by atoms with van der Waals surface area (Å²) in [6.45, 7) is 4.14. The minimum atomic E-state index is -1.08. The van der Waals surface area contributed by atoms with Crippen LogP contribution in [0.15, 0.2) is 0 Å². The molecule has 1 aliphatic rings. The molecule has 98 valence electrons. The van der Waals surface area contributed by atoms with Crippen LogP contribution in [0.1, 0.15) is 20.3 Å². The maximum absolute atomic E-state index is 11.1. The molecule has 1 heterocycles. The SMILES string of the molecule is CC(O)C(C)N1CCC(C(=O)O)C(C(=O)O)C1. The molecule has 1 aliphatic heterocycles. The summed E-state index contributed by atoms with van der Waals surface area (Å²) in [5, 5.41) is 27.5. The second-order valence-electron chi connectivity index (χ2n) is 4.65. The van der Waals surface area contributed by atoms with Crippen molar-refractivity contribution >= 4 is 11.9 Å². The molecule has 6 heteroatoms. The Hall–Kier alpha value is -1.14. The Labute approximate surface area is 99.8 Å². The fourth-order valence-corrected chi connectivity index (χ4v) is 2.20. The van der Waals surface area contributed by atoms with Gasteiger partial charge in [-0.05, 0) is 26.8 Å². The Bertz CT molecular complexity index is 304. The first-order valence-corrected chi connectivity index (χ1v) is 5.72. The van der Waals surface area contributed by atoms with Crippen molar-refractivity contribution in [3.05, 3.63) is 0 Å². The molecular weight excluding hydrogens is 226 g/mol. The summed E-state index contributed by atoms with van der Waals surface area (Å²) in [4.78, 5) is 23.8. The van der Waals surface area contributed by atoms with Crippen LogP contribution in [-0.4, -0.2) is 57.4 Å². The lowest BCUT2D eigenvalue weighted by Gasteiger charge is -2.39. The van der Waals surface area contributed by atoms with Crippen molar-refractivity contribution in [2.24, 2.45) is 11.8 Å². The van der Waals surface area contributed by atoms with Gasteiger partial charge < -0.3 is 15.3 Å². The van der Waals surface area contributed by atoms with Gasteiger partial charge in [-0.1, -0.05) is 0 Å². The molecule has 0 saturated carbocycles. The van der Waals surface area contributed by atoms with Gasteiger partial charge in [0.25, 0.3) is 0 Å². The van der Waals surface area contributed by atoms with E-state index in [1.54, 1.807) is 6.92 Å². The van der Waals surface area contributed by atoms with Gasteiger partial charge >= 0.3 is 11.9 Å². The number of aliphatic hydroxyl groups excluding tert-OH is 1. The highest BCUT2D eigenvalue weighted by Gasteiger charge is 2.40. The zero-order chi connectivity index (χ0) is 13.2. The monoisotopic (exact) mass is 245 g/mol. The van der Waals surface area contributed by atoms with Crippen molar-refractivity contribution in [3.8, 4) is 0 Å². The first kappa shape index (κ1) is 13.9. The summed E-state index contributed by atoms with van der Waals surface area (Å²) in [6, 6.07) is -0.161. The van der Waals surface area contributed by atoms with E-state index in [2.05, 4.69) is 0 Å². The molecule has 1 rings (SSSR count). The largest absolute Gasteiger partial charge is 0.481 e. The standard InChI is InChI=1S/C11H19NO5/c1-6(7(2)13)12-4-3-8(10(14)15)9(5-12)11(16)17/h6-9,13H,3-5H2,1-2H3,(H,14,15)(H,16,17). The third-order valence-electron chi connectivity index (χ3n) is 3.55. The first-order valence-electron chi connectivity index (χ1n) is 5.72. The average molecular weight is 245 g/mol. The van der Waals surface area contributed by atoms with Crippen molar-refractivity contribution in [3.63, 3.8) is 0 Å². The van der Waals surface area contributed by atoms with Gasteiger partial charge in [-0.2, -0.15) is 0 Å². The number of carboxylic acid groups (broad SMARTS) is 2. The topological polar surface area (TPSA) is 98.1 Å². The molecule has 1 fully saturated rings. The molecule has 0 aromatic rings. The van der Waals surface area contributed by atoms with Crippen molar-refractivity contribution in [2.45, 2.75) is 32.4 Å². The van der Waals surface area contributed by atoms with E-state index in [0.717, 1.165) is 0 Å². The smallest absolute Gasteiger partial charge is 0.308 e. The molecular formula is C11H19NO5. The summed E-state index contributed by atoms with van der Waals surface area (Å²) in [6.07, 6.45) is -0.255. The lowest BCUT2D eigenvalue weighted by atomic mass is 9.84. The summed E-state index contributed by atoms with van der Waals surface area (Å²) in [5.41, 5.74) is 0. The molecule has 6 nitrogen and oxygen atoms in total. The number of aliphatic carboxylic acids is 2. The number of rotatable bonds is 4. The van der Waals surface area contributed by atoms with Gasteiger partial charge in [-0.25, -0.2) is 0 Å². The third kappa shape index (κ3) is 3.17. The summed E-state index contributed by atoms with van der Waals surface area (Å²) in [5.74, 6) is -3.87. The van der Waals surface area contributed by atoms with Crippen LogP contribution in [0, 0.1) is 11.8 Å². The van der Waals surface area contributed by atoms with Crippen LogP contribution < -0.4 is 0 Å². The highest BCUT2D eigenvalue weighted by molar-refractivity contribution is 5.80. The summed E-state index contributed by atoms with van der Waals surface area (Å²) in [7, 11) is 0. The predicted molar refractivity (Wildman–Crippen MR) is 59.6 cm³/mol. The third-order valence-corrected chi connectivity index (χ3v) is 3.55. The molecule has 0 aliphatic carbocycles. The molecule has 0 aromatic carbocycles. The van der Waals surface area contributed by atoms with E-state index >= 15 is 0 Å². The van der Waals surface area contributed by atoms with Crippen molar-refractivity contribution in [1.82, 2.24) is 4.90 Å². The Morgan fingerprint density at radius 1 is 1.18 bits per heavy atom. The Balaban J connectivity index is 2.75. The molecule has 0 amide bonds. The van der Waals surface area contributed by atoms with Crippen LogP contribution in [0.4, 0.5) is 0 Å². The van der Waals surface area contributed by atoms with Crippen LogP contribution in [0.25, 0.3) is 0 Å². The highest BCUT2D eigenvalue weighted by Crippen LogP contribution is 2.26. The zero-order valence-corrected chi connectivity index (χ0v) is 10.0. The van der Waals surface area contributed by atoms with E-state index < -0.39 is 29.9 Å². The van der Waals surface area contributed by atoms with Crippen molar-refractivity contribution in [2.75, 3.05) is 13.1 Å². The zero-order valence-electron chi connectivity index (χ0n) is 10.0. The van der Waals surface area contributed by atoms with E-state index in [1.807, 2.05) is 11.8 Å². The van der Waals surface area contributed by atoms with E-state index in [-0.39, 0.29) is 12.6 Å². The number of likely N-dealkylation sites (tertiary alicyclic amines) is 1. The van der Waals surface area contributed by atoms with Crippen LogP contribution in [0.5, 0.6) is 0 Å². The number of carbonyl (C=O) groups is 2. The fraction of sp³-hybridized carbons (Fsp3) is 0.818. The van der Waals surface area contributed by atoms with Gasteiger partial charge in [0.2, 0.25) is 0 Å². The Morgan fingerprint density at radius 2 is 1.71 bits per heavy atom. The minimum Gasteiger partial charge on any atom is -0.481 e. The number of hydrogen-bond acceptors (Lipinski definition) is 4. The number of piperidine rings is 1. The molecule has 0 radical (unpaired) electrons. The van der Waals surface area contributed by atoms with Gasteiger partial charge in [0.15, 0.2) is 0 Å². The van der Waals surface area contributed by atoms with Crippen molar-refractivity contribution < 1.29 is 24.9 Å². The number of aliphatic hydroxyl groups is 1. The second kappa shape index (κ2) is 5.46. The van der Waals surface area contributed by atoms with Crippen LogP contribution in [0.2, 0.25) is 0 Å². The number of hydrogen-bond donors (Lipinski definition) is 3. The normalized spacial score (nSPS) is 29.6. The van der Waals surface area contributed by atoms with E-state index in [0.29, 0.717) is 13.0 Å². The Kier molecular flexibility index (Phi) is 4.47. The van der Waals surface area contributed by atoms with Crippen LogP contribution in [-0.2, 0) is 9.59 Å². The lowest BCUT2D eigenvalue weighted by molar-refractivity contribution is -0.158. The molecule has 3 N–H and O–H groups in total. The van der Waals surface area contributed by atoms with Gasteiger partial charge in [0, 0.05) is 12.6 Å². The van der Waals surface area contributed by atoms with Crippen LogP contribution >= 0.6 is 0 Å². The van der Waals surface area contributed by atoms with Gasteiger partial charge in [0.05, 0.1) is 17.9 Å². The maximum atomic E-state index is 11.1. The number of nitrogens with zero attached hydrogens (tertiary/aromatic N) is 1. The molecule has 17 heavy (non-hydrogen) atoms.